The highest BCUT2D eigenvalue weighted by Gasteiger charge is 2.28. The van der Waals surface area contributed by atoms with Crippen molar-refractivity contribution >= 4 is 0 Å². The van der Waals surface area contributed by atoms with Crippen molar-refractivity contribution in [3.63, 3.8) is 0 Å². The van der Waals surface area contributed by atoms with Gasteiger partial charge in [-0.2, -0.15) is 0 Å². The molecular weight excluding hydrogens is 342 g/mol. The second kappa shape index (κ2) is 16.0. The van der Waals surface area contributed by atoms with Gasteiger partial charge in [-0.15, -0.1) is 0 Å². The lowest BCUT2D eigenvalue weighted by molar-refractivity contribution is -0.944. The van der Waals surface area contributed by atoms with Crippen LogP contribution in [0.1, 0.15) is 97.0 Å². The zero-order valence-corrected chi connectivity index (χ0v) is 19.2. The molecule has 0 aromatic heterocycles. The van der Waals surface area contributed by atoms with E-state index in [1.807, 2.05) is 0 Å². The fourth-order valence-corrected chi connectivity index (χ4v) is 4.60. The minimum atomic E-state index is 0.310. The number of aliphatic hydroxyl groups is 1. The fourth-order valence-electron chi connectivity index (χ4n) is 4.60. The van der Waals surface area contributed by atoms with Gasteiger partial charge >= 0.3 is 0 Å². The third-order valence-corrected chi connectivity index (χ3v) is 5.89. The number of unbranched alkanes of at least 4 members (excludes halogenated alkanes) is 9. The van der Waals surface area contributed by atoms with Gasteiger partial charge < -0.3 is 9.59 Å². The first kappa shape index (κ1) is 25.2. The van der Waals surface area contributed by atoms with E-state index in [2.05, 4.69) is 51.1 Å². The number of rotatable bonds is 18. The SMILES string of the molecule is CCCCCCCCCCCC[N+](CCCO)(Cc1ccccc1)CC(C)C. The first-order valence-corrected chi connectivity index (χ1v) is 12.1. The molecule has 0 fully saturated rings. The predicted octanol–water partition coefficient (Wildman–Crippen LogP) is 6.96. The summed E-state index contributed by atoms with van der Waals surface area (Å²) in [7, 11) is 0. The summed E-state index contributed by atoms with van der Waals surface area (Å²) in [5, 5.41) is 9.47. The van der Waals surface area contributed by atoms with Crippen molar-refractivity contribution in [3.8, 4) is 0 Å². The monoisotopic (exact) mass is 390 g/mol. The van der Waals surface area contributed by atoms with Crippen LogP contribution in [0.2, 0.25) is 0 Å². The van der Waals surface area contributed by atoms with Gasteiger partial charge in [0.25, 0.3) is 0 Å². The zero-order valence-electron chi connectivity index (χ0n) is 19.2. The Balaban J connectivity index is 2.45. The molecule has 0 aliphatic rings. The third-order valence-electron chi connectivity index (χ3n) is 5.89. The standard InChI is InChI=1S/C26H48NO/c1-4-5-6-7-8-9-10-11-12-16-20-27(21-17-22-28,23-25(2)3)24-26-18-14-13-15-19-26/h13-15,18-19,25,28H,4-12,16-17,20-24H2,1-3H3/q+1. The molecule has 1 aromatic rings. The minimum absolute atomic E-state index is 0.310. The Morgan fingerprint density at radius 3 is 1.82 bits per heavy atom. The summed E-state index contributed by atoms with van der Waals surface area (Å²) in [4.78, 5) is 0. The lowest BCUT2D eigenvalue weighted by atomic mass is 10.0. The Kier molecular flexibility index (Phi) is 14.4. The van der Waals surface area contributed by atoms with E-state index >= 15 is 0 Å². The molecule has 28 heavy (non-hydrogen) atoms. The van der Waals surface area contributed by atoms with E-state index in [-0.39, 0.29) is 0 Å². The highest BCUT2D eigenvalue weighted by Crippen LogP contribution is 2.21. The largest absolute Gasteiger partial charge is 0.396 e. The van der Waals surface area contributed by atoms with Crippen molar-refractivity contribution in [3.05, 3.63) is 35.9 Å². The Hall–Kier alpha value is -0.860. The van der Waals surface area contributed by atoms with Gasteiger partial charge in [-0.3, -0.25) is 0 Å². The number of hydrogen-bond acceptors (Lipinski definition) is 1. The van der Waals surface area contributed by atoms with Crippen LogP contribution < -0.4 is 0 Å². The van der Waals surface area contributed by atoms with E-state index in [0.29, 0.717) is 12.5 Å². The molecule has 0 saturated heterocycles. The van der Waals surface area contributed by atoms with E-state index in [1.165, 1.54) is 82.9 Å². The summed E-state index contributed by atoms with van der Waals surface area (Å²) in [6, 6.07) is 11.0. The van der Waals surface area contributed by atoms with E-state index in [0.717, 1.165) is 24.0 Å². The Morgan fingerprint density at radius 1 is 0.750 bits per heavy atom. The number of benzene rings is 1. The molecule has 0 aliphatic heterocycles. The highest BCUT2D eigenvalue weighted by atomic mass is 16.3. The van der Waals surface area contributed by atoms with E-state index in [9.17, 15) is 5.11 Å². The van der Waals surface area contributed by atoms with Gasteiger partial charge in [0.15, 0.2) is 0 Å². The van der Waals surface area contributed by atoms with Crippen molar-refractivity contribution in [1.82, 2.24) is 0 Å². The number of aliphatic hydroxyl groups excluding tert-OH is 1. The maximum absolute atomic E-state index is 9.47. The lowest BCUT2D eigenvalue weighted by Gasteiger charge is -2.40. The van der Waals surface area contributed by atoms with Crippen LogP contribution in [0.4, 0.5) is 0 Å². The van der Waals surface area contributed by atoms with Crippen molar-refractivity contribution in [1.29, 1.82) is 0 Å². The highest BCUT2D eigenvalue weighted by molar-refractivity contribution is 5.13. The molecule has 0 bridgehead atoms. The molecule has 0 amide bonds. The van der Waals surface area contributed by atoms with Gasteiger partial charge in [0.1, 0.15) is 6.54 Å². The molecule has 162 valence electrons. The molecule has 2 heteroatoms. The van der Waals surface area contributed by atoms with Gasteiger partial charge in [0.05, 0.1) is 19.6 Å². The topological polar surface area (TPSA) is 20.2 Å². The summed E-state index contributed by atoms with van der Waals surface area (Å²) in [5.41, 5.74) is 1.44. The first-order valence-electron chi connectivity index (χ1n) is 12.1. The molecule has 1 atom stereocenters. The molecule has 0 heterocycles. The Labute approximate surface area is 175 Å². The van der Waals surface area contributed by atoms with E-state index in [4.69, 9.17) is 0 Å². The number of nitrogens with zero attached hydrogens (tertiary/aromatic N) is 1. The smallest absolute Gasteiger partial charge is 0.104 e. The van der Waals surface area contributed by atoms with Crippen LogP contribution in [-0.4, -0.2) is 35.8 Å². The molecule has 1 rings (SSSR count). The van der Waals surface area contributed by atoms with Crippen LogP contribution >= 0.6 is 0 Å². The van der Waals surface area contributed by atoms with Crippen LogP contribution in [0, 0.1) is 5.92 Å². The quantitative estimate of drug-likeness (QED) is 0.212. The van der Waals surface area contributed by atoms with Crippen LogP contribution in [-0.2, 0) is 6.54 Å². The van der Waals surface area contributed by atoms with Crippen molar-refractivity contribution in [2.24, 2.45) is 5.92 Å². The Morgan fingerprint density at radius 2 is 1.29 bits per heavy atom. The summed E-state index contributed by atoms with van der Waals surface area (Å²) in [6.07, 6.45) is 14.9. The van der Waals surface area contributed by atoms with Crippen LogP contribution in [0.3, 0.4) is 0 Å². The predicted molar refractivity (Wildman–Crippen MR) is 123 cm³/mol. The fraction of sp³-hybridized carbons (Fsp3) is 0.769. The lowest BCUT2D eigenvalue weighted by Crippen LogP contribution is -2.51. The molecule has 1 unspecified atom stereocenters. The molecule has 1 aromatic carbocycles. The minimum Gasteiger partial charge on any atom is -0.396 e. The van der Waals surface area contributed by atoms with Crippen molar-refractivity contribution < 1.29 is 9.59 Å². The van der Waals surface area contributed by atoms with E-state index < -0.39 is 0 Å². The molecule has 0 spiro atoms. The number of hydrogen-bond donors (Lipinski definition) is 1. The molecular formula is C26H48NO+. The second-order valence-corrected chi connectivity index (χ2v) is 9.27. The summed E-state index contributed by atoms with van der Waals surface area (Å²) >= 11 is 0. The average Bonchev–Trinajstić information content (AvgIpc) is 2.68. The van der Waals surface area contributed by atoms with Gasteiger partial charge in [0.2, 0.25) is 0 Å². The Bertz CT molecular complexity index is 459. The normalized spacial score (nSPS) is 13.8. The van der Waals surface area contributed by atoms with Crippen LogP contribution in [0.15, 0.2) is 30.3 Å². The molecule has 2 nitrogen and oxygen atoms in total. The summed E-state index contributed by atoms with van der Waals surface area (Å²) in [6.45, 7) is 12.0. The van der Waals surface area contributed by atoms with Crippen molar-refractivity contribution in [2.75, 3.05) is 26.2 Å². The maximum atomic E-state index is 9.47. The van der Waals surface area contributed by atoms with Gasteiger partial charge in [-0.05, 0) is 12.8 Å². The van der Waals surface area contributed by atoms with Crippen molar-refractivity contribution in [2.45, 2.75) is 97.9 Å². The van der Waals surface area contributed by atoms with E-state index in [1.54, 1.807) is 0 Å². The first-order chi connectivity index (χ1) is 13.6. The molecule has 0 aliphatic carbocycles. The van der Waals surface area contributed by atoms with Gasteiger partial charge in [-0.1, -0.05) is 102 Å². The van der Waals surface area contributed by atoms with Gasteiger partial charge in [-0.25, -0.2) is 0 Å². The zero-order chi connectivity index (χ0) is 20.5. The van der Waals surface area contributed by atoms with Gasteiger partial charge in [0, 0.05) is 24.5 Å². The maximum Gasteiger partial charge on any atom is 0.104 e. The summed E-state index contributed by atoms with van der Waals surface area (Å²) < 4.78 is 1.14. The van der Waals surface area contributed by atoms with Crippen LogP contribution in [0.25, 0.3) is 0 Å². The van der Waals surface area contributed by atoms with Crippen LogP contribution in [0.5, 0.6) is 0 Å². The number of quaternary nitrogens is 1. The molecule has 0 radical (unpaired) electrons. The third kappa shape index (κ3) is 11.9. The average molecular weight is 391 g/mol. The molecule has 0 saturated carbocycles. The molecule has 1 N–H and O–H groups in total. The summed E-state index contributed by atoms with van der Waals surface area (Å²) in [5.74, 6) is 0.686. The second-order valence-electron chi connectivity index (χ2n) is 9.27.